The van der Waals surface area contributed by atoms with Gasteiger partial charge in [0, 0.05) is 0 Å². The van der Waals surface area contributed by atoms with Crippen LogP contribution in [-0.4, -0.2) is 23.9 Å². The number of hydrogen-bond acceptors (Lipinski definition) is 6. The Kier molecular flexibility index (Phi) is 3.27. The first-order valence-electron chi connectivity index (χ1n) is 5.64. The highest BCUT2D eigenvalue weighted by atomic mass is 16.6. The number of hydrogen-bond donors (Lipinski definition) is 0. The predicted octanol–water partition coefficient (Wildman–Crippen LogP) is 0.358. The summed E-state index contributed by atoms with van der Waals surface area (Å²) in [5.41, 5.74) is 0. The molecular formula is C12H12O6. The smallest absolute Gasteiger partial charge is 0.321 e. The van der Waals surface area contributed by atoms with Crippen LogP contribution in [0.2, 0.25) is 0 Å². The molecule has 2 aliphatic heterocycles. The summed E-state index contributed by atoms with van der Waals surface area (Å²) >= 11 is 0. The van der Waals surface area contributed by atoms with E-state index in [4.69, 9.17) is 0 Å². The molecular weight excluding hydrogens is 240 g/mol. The second-order valence-corrected chi connectivity index (χ2v) is 4.45. The third-order valence-corrected chi connectivity index (χ3v) is 3.09. The Hall–Kier alpha value is -1.98. The molecule has 6 heteroatoms. The largest absolute Gasteiger partial charge is 0.393 e. The molecule has 6 nitrogen and oxygen atoms in total. The maximum atomic E-state index is 11.3. The van der Waals surface area contributed by atoms with Crippen molar-refractivity contribution in [3.05, 3.63) is 12.2 Å². The summed E-state index contributed by atoms with van der Waals surface area (Å²) < 4.78 is 8.84. The third kappa shape index (κ3) is 2.47. The first kappa shape index (κ1) is 12.5. The van der Waals surface area contributed by atoms with Gasteiger partial charge in [-0.05, 0) is 5.92 Å². The lowest BCUT2D eigenvalue weighted by molar-refractivity contribution is -0.154. The van der Waals surface area contributed by atoms with Crippen LogP contribution in [0.1, 0.15) is 19.8 Å². The summed E-state index contributed by atoms with van der Waals surface area (Å²) in [6, 6.07) is 0. The molecule has 0 saturated carbocycles. The van der Waals surface area contributed by atoms with Gasteiger partial charge in [-0.15, -0.1) is 0 Å². The van der Waals surface area contributed by atoms with E-state index in [9.17, 15) is 19.2 Å². The molecule has 3 unspecified atom stereocenters. The summed E-state index contributed by atoms with van der Waals surface area (Å²) in [6.07, 6.45) is 3.28. The summed E-state index contributed by atoms with van der Waals surface area (Å²) in [5.74, 6) is -3.52. The zero-order valence-corrected chi connectivity index (χ0v) is 9.75. The highest BCUT2D eigenvalue weighted by molar-refractivity contribution is 5.96. The van der Waals surface area contributed by atoms with Crippen LogP contribution in [0.25, 0.3) is 0 Å². The maximum absolute atomic E-state index is 11.3. The van der Waals surface area contributed by atoms with Crippen molar-refractivity contribution >= 4 is 23.9 Å². The van der Waals surface area contributed by atoms with Crippen LogP contribution in [0.3, 0.4) is 0 Å². The van der Waals surface area contributed by atoms with Crippen molar-refractivity contribution < 1.29 is 28.7 Å². The topological polar surface area (TPSA) is 86.7 Å². The van der Waals surface area contributed by atoms with Gasteiger partial charge in [-0.25, -0.2) is 0 Å². The molecule has 0 aliphatic carbocycles. The van der Waals surface area contributed by atoms with Crippen molar-refractivity contribution in [2.45, 2.75) is 19.8 Å². The number of allylic oxidation sites excluding steroid dienone is 1. The molecule has 2 saturated heterocycles. The minimum Gasteiger partial charge on any atom is -0.393 e. The van der Waals surface area contributed by atoms with E-state index in [1.54, 1.807) is 19.1 Å². The lowest BCUT2D eigenvalue weighted by Gasteiger charge is -2.09. The fraction of sp³-hybridized carbons (Fsp3) is 0.500. The van der Waals surface area contributed by atoms with Gasteiger partial charge in [0.2, 0.25) is 0 Å². The summed E-state index contributed by atoms with van der Waals surface area (Å²) in [5, 5.41) is 0. The van der Waals surface area contributed by atoms with E-state index in [1.165, 1.54) is 0 Å². The standard InChI is InChI=1S/C12H12O6/c1-6(8-5-10(14)18-12(8)16)2-3-7-4-9(13)17-11(7)15/h2-3,6-8H,4-5H2,1H3/b3-2+. The molecule has 2 rings (SSSR count). The van der Waals surface area contributed by atoms with Crippen LogP contribution in [-0.2, 0) is 28.7 Å². The van der Waals surface area contributed by atoms with E-state index >= 15 is 0 Å². The van der Waals surface area contributed by atoms with Crippen LogP contribution in [0, 0.1) is 17.8 Å². The summed E-state index contributed by atoms with van der Waals surface area (Å²) in [7, 11) is 0. The summed E-state index contributed by atoms with van der Waals surface area (Å²) in [4.78, 5) is 44.3. The van der Waals surface area contributed by atoms with Crippen LogP contribution in [0.15, 0.2) is 12.2 Å². The SMILES string of the molecule is CC(/C=C/C1CC(=O)OC1=O)C1CC(=O)OC1=O. The van der Waals surface area contributed by atoms with Gasteiger partial charge in [0.05, 0.1) is 24.7 Å². The predicted molar refractivity (Wildman–Crippen MR) is 56.7 cm³/mol. The second kappa shape index (κ2) is 4.72. The maximum Gasteiger partial charge on any atom is 0.321 e. The van der Waals surface area contributed by atoms with E-state index in [2.05, 4.69) is 9.47 Å². The molecule has 2 heterocycles. The van der Waals surface area contributed by atoms with Crippen LogP contribution in [0.4, 0.5) is 0 Å². The summed E-state index contributed by atoms with van der Waals surface area (Å²) in [6.45, 7) is 1.75. The Morgan fingerprint density at radius 2 is 1.67 bits per heavy atom. The number of cyclic esters (lactones) is 4. The van der Waals surface area contributed by atoms with Crippen LogP contribution in [0.5, 0.6) is 0 Å². The van der Waals surface area contributed by atoms with Gasteiger partial charge < -0.3 is 9.47 Å². The number of carbonyl (C=O) groups excluding carboxylic acids is 4. The van der Waals surface area contributed by atoms with Crippen molar-refractivity contribution in [2.75, 3.05) is 0 Å². The highest BCUT2D eigenvalue weighted by Crippen LogP contribution is 2.26. The second-order valence-electron chi connectivity index (χ2n) is 4.45. The fourth-order valence-corrected chi connectivity index (χ4v) is 1.98. The number of esters is 4. The highest BCUT2D eigenvalue weighted by Gasteiger charge is 2.37. The van der Waals surface area contributed by atoms with Gasteiger partial charge in [0.15, 0.2) is 0 Å². The van der Waals surface area contributed by atoms with Crippen molar-refractivity contribution in [3.63, 3.8) is 0 Å². The Labute approximate surface area is 103 Å². The van der Waals surface area contributed by atoms with Crippen molar-refractivity contribution in [3.8, 4) is 0 Å². The quantitative estimate of drug-likeness (QED) is 0.409. The average molecular weight is 252 g/mol. The Bertz CT molecular complexity index is 449. The van der Waals surface area contributed by atoms with Gasteiger partial charge >= 0.3 is 23.9 Å². The van der Waals surface area contributed by atoms with E-state index < -0.39 is 35.7 Å². The van der Waals surface area contributed by atoms with Gasteiger partial charge in [-0.1, -0.05) is 19.1 Å². The fourth-order valence-electron chi connectivity index (χ4n) is 1.98. The molecule has 0 amide bonds. The zero-order valence-electron chi connectivity index (χ0n) is 9.75. The molecule has 0 aromatic rings. The van der Waals surface area contributed by atoms with Gasteiger partial charge in [-0.2, -0.15) is 0 Å². The third-order valence-electron chi connectivity index (χ3n) is 3.09. The Balaban J connectivity index is 1.97. The van der Waals surface area contributed by atoms with E-state index in [1.807, 2.05) is 0 Å². The first-order chi connectivity index (χ1) is 8.47. The van der Waals surface area contributed by atoms with Gasteiger partial charge in [-0.3, -0.25) is 19.2 Å². The van der Waals surface area contributed by atoms with Gasteiger partial charge in [0.25, 0.3) is 0 Å². The average Bonchev–Trinajstić information content (AvgIpc) is 2.78. The minimum atomic E-state index is -0.590. The Morgan fingerprint density at radius 1 is 1.06 bits per heavy atom. The molecule has 0 aromatic carbocycles. The molecule has 2 aliphatic rings. The van der Waals surface area contributed by atoms with Crippen molar-refractivity contribution in [1.29, 1.82) is 0 Å². The molecule has 0 spiro atoms. The molecule has 96 valence electrons. The lowest BCUT2D eigenvalue weighted by Crippen LogP contribution is -2.15. The van der Waals surface area contributed by atoms with Crippen molar-refractivity contribution in [1.82, 2.24) is 0 Å². The first-order valence-corrected chi connectivity index (χ1v) is 5.64. The lowest BCUT2D eigenvalue weighted by atomic mass is 9.91. The van der Waals surface area contributed by atoms with E-state index in [-0.39, 0.29) is 18.8 Å². The van der Waals surface area contributed by atoms with Gasteiger partial charge in [0.1, 0.15) is 0 Å². The molecule has 0 radical (unpaired) electrons. The minimum absolute atomic E-state index is 0.0239. The monoisotopic (exact) mass is 252 g/mol. The van der Waals surface area contributed by atoms with E-state index in [0.717, 1.165) is 0 Å². The molecule has 18 heavy (non-hydrogen) atoms. The Morgan fingerprint density at radius 3 is 2.17 bits per heavy atom. The molecule has 0 N–H and O–H groups in total. The molecule has 3 atom stereocenters. The number of rotatable bonds is 3. The molecule has 0 bridgehead atoms. The van der Waals surface area contributed by atoms with Crippen LogP contribution >= 0.6 is 0 Å². The number of carbonyl (C=O) groups is 4. The van der Waals surface area contributed by atoms with Crippen molar-refractivity contribution in [2.24, 2.45) is 17.8 Å². The number of ether oxygens (including phenoxy) is 2. The zero-order chi connectivity index (χ0) is 13.3. The van der Waals surface area contributed by atoms with Crippen LogP contribution < -0.4 is 0 Å². The molecule has 2 fully saturated rings. The molecule has 0 aromatic heterocycles. The van der Waals surface area contributed by atoms with E-state index in [0.29, 0.717) is 0 Å². The normalized spacial score (nSPS) is 29.8.